The molecule has 0 amide bonds. The fraction of sp³-hybridized carbons (Fsp3) is 1.00. The fourth-order valence-electron chi connectivity index (χ4n) is 0.512. The van der Waals surface area contributed by atoms with E-state index in [4.69, 9.17) is 9.29 Å². The monoisotopic (exact) mass is 152 g/mol. The summed E-state index contributed by atoms with van der Waals surface area (Å²) < 4.78 is 23.4. The van der Waals surface area contributed by atoms with Crippen molar-refractivity contribution in [2.75, 3.05) is 12.9 Å². The van der Waals surface area contributed by atoms with Gasteiger partial charge in [0, 0.05) is 7.11 Å². The highest BCUT2D eigenvalue weighted by Crippen LogP contribution is 1.96. The summed E-state index contributed by atoms with van der Waals surface area (Å²) in [6.07, 6.45) is 0.707. The van der Waals surface area contributed by atoms with E-state index in [9.17, 15) is 4.21 Å². The van der Waals surface area contributed by atoms with Crippen molar-refractivity contribution in [3.05, 3.63) is 0 Å². The first kappa shape index (κ1) is 9.07. The second-order valence-corrected chi connectivity index (χ2v) is 2.73. The third-order valence-electron chi connectivity index (χ3n) is 1.12. The molecule has 0 bridgehead atoms. The molecule has 0 aliphatic carbocycles. The van der Waals surface area contributed by atoms with Crippen LogP contribution in [0.25, 0.3) is 0 Å². The standard InChI is InChI=1S/C5H12O3S/c1-3-5(8-2)4-9(6)7/h5H,3-4H2,1-2H3,(H,6,7). The first-order valence-corrected chi connectivity index (χ1v) is 4.08. The zero-order valence-corrected chi connectivity index (χ0v) is 6.48. The van der Waals surface area contributed by atoms with Crippen LogP contribution in [-0.4, -0.2) is 27.7 Å². The molecule has 0 fully saturated rings. The van der Waals surface area contributed by atoms with Gasteiger partial charge in [-0.1, -0.05) is 6.92 Å². The van der Waals surface area contributed by atoms with Crippen LogP contribution in [0.5, 0.6) is 0 Å². The molecule has 3 nitrogen and oxygen atoms in total. The number of rotatable bonds is 4. The lowest BCUT2D eigenvalue weighted by atomic mass is 10.3. The van der Waals surface area contributed by atoms with E-state index in [2.05, 4.69) is 0 Å². The van der Waals surface area contributed by atoms with Gasteiger partial charge in [-0.3, -0.25) is 0 Å². The second kappa shape index (κ2) is 4.90. The summed E-state index contributed by atoms with van der Waals surface area (Å²) in [5.41, 5.74) is 0. The van der Waals surface area contributed by atoms with E-state index in [-0.39, 0.29) is 11.9 Å². The Morgan fingerprint density at radius 3 is 2.44 bits per heavy atom. The molecule has 0 saturated heterocycles. The molecule has 9 heavy (non-hydrogen) atoms. The minimum atomic E-state index is -1.72. The Hall–Kier alpha value is 0.0700. The molecule has 0 aliphatic heterocycles. The van der Waals surface area contributed by atoms with Gasteiger partial charge in [0.1, 0.15) is 0 Å². The maximum absolute atomic E-state index is 10.2. The third-order valence-corrected chi connectivity index (χ3v) is 1.77. The van der Waals surface area contributed by atoms with Crippen LogP contribution in [0.15, 0.2) is 0 Å². The molecule has 0 spiro atoms. The van der Waals surface area contributed by atoms with Crippen molar-refractivity contribution in [3.63, 3.8) is 0 Å². The highest BCUT2D eigenvalue weighted by Gasteiger charge is 2.06. The van der Waals surface area contributed by atoms with Crippen LogP contribution in [0.3, 0.4) is 0 Å². The Morgan fingerprint density at radius 2 is 2.33 bits per heavy atom. The van der Waals surface area contributed by atoms with Crippen LogP contribution < -0.4 is 0 Å². The van der Waals surface area contributed by atoms with Crippen molar-refractivity contribution >= 4 is 11.1 Å². The molecular weight excluding hydrogens is 140 g/mol. The van der Waals surface area contributed by atoms with Gasteiger partial charge in [-0.25, -0.2) is 4.21 Å². The van der Waals surface area contributed by atoms with Gasteiger partial charge < -0.3 is 9.29 Å². The lowest BCUT2D eigenvalue weighted by molar-refractivity contribution is 0.117. The molecule has 2 atom stereocenters. The van der Waals surface area contributed by atoms with E-state index in [1.807, 2.05) is 6.92 Å². The van der Waals surface area contributed by atoms with Crippen LogP contribution in [-0.2, 0) is 15.8 Å². The number of hydrogen-bond acceptors (Lipinski definition) is 2. The number of ether oxygens (including phenoxy) is 1. The van der Waals surface area contributed by atoms with E-state index >= 15 is 0 Å². The molecule has 1 N–H and O–H groups in total. The molecule has 0 saturated carbocycles. The molecule has 0 aromatic carbocycles. The molecule has 0 radical (unpaired) electrons. The highest BCUT2D eigenvalue weighted by atomic mass is 32.2. The molecule has 0 rings (SSSR count). The maximum Gasteiger partial charge on any atom is 0.155 e. The van der Waals surface area contributed by atoms with Gasteiger partial charge >= 0.3 is 0 Å². The van der Waals surface area contributed by atoms with E-state index < -0.39 is 11.1 Å². The smallest absolute Gasteiger partial charge is 0.155 e. The van der Waals surface area contributed by atoms with Crippen molar-refractivity contribution < 1.29 is 13.5 Å². The molecule has 0 aromatic rings. The predicted octanol–water partition coefficient (Wildman–Crippen LogP) is 0.633. The molecule has 0 aliphatic rings. The van der Waals surface area contributed by atoms with Crippen molar-refractivity contribution in [2.45, 2.75) is 19.4 Å². The zero-order chi connectivity index (χ0) is 7.28. The Morgan fingerprint density at radius 1 is 1.78 bits per heavy atom. The minimum Gasteiger partial charge on any atom is -0.380 e. The first-order chi connectivity index (χ1) is 4.20. The lowest BCUT2D eigenvalue weighted by Crippen LogP contribution is -2.17. The topological polar surface area (TPSA) is 46.5 Å². The molecule has 56 valence electrons. The van der Waals surface area contributed by atoms with Crippen LogP contribution in [0, 0.1) is 0 Å². The van der Waals surface area contributed by atoms with Gasteiger partial charge in [0.15, 0.2) is 11.1 Å². The largest absolute Gasteiger partial charge is 0.380 e. The van der Waals surface area contributed by atoms with Crippen LogP contribution in [0.4, 0.5) is 0 Å². The normalized spacial score (nSPS) is 17.2. The van der Waals surface area contributed by atoms with Crippen LogP contribution in [0.1, 0.15) is 13.3 Å². The van der Waals surface area contributed by atoms with Crippen LogP contribution in [0.2, 0.25) is 0 Å². The maximum atomic E-state index is 10.2. The van der Waals surface area contributed by atoms with Gasteiger partial charge in [-0.15, -0.1) is 0 Å². The summed E-state index contributed by atoms with van der Waals surface area (Å²) in [6.45, 7) is 1.92. The quantitative estimate of drug-likeness (QED) is 0.601. The highest BCUT2D eigenvalue weighted by molar-refractivity contribution is 7.79. The molecule has 0 aromatic heterocycles. The number of methoxy groups -OCH3 is 1. The Balaban J connectivity index is 3.43. The molecule has 2 unspecified atom stereocenters. The van der Waals surface area contributed by atoms with Gasteiger partial charge in [0.25, 0.3) is 0 Å². The first-order valence-electron chi connectivity index (χ1n) is 2.81. The molecular formula is C5H12O3S. The summed E-state index contributed by atoms with van der Waals surface area (Å²) >= 11 is -1.72. The second-order valence-electron chi connectivity index (χ2n) is 1.75. The van der Waals surface area contributed by atoms with E-state index in [0.29, 0.717) is 0 Å². The Bertz CT molecular complexity index is 90.2. The van der Waals surface area contributed by atoms with Crippen molar-refractivity contribution in [2.24, 2.45) is 0 Å². The number of hydrogen-bond donors (Lipinski definition) is 1. The summed E-state index contributed by atoms with van der Waals surface area (Å²) in [7, 11) is 1.54. The van der Waals surface area contributed by atoms with Crippen molar-refractivity contribution in [3.8, 4) is 0 Å². The van der Waals surface area contributed by atoms with E-state index in [0.717, 1.165) is 6.42 Å². The van der Waals surface area contributed by atoms with Crippen molar-refractivity contribution in [1.82, 2.24) is 0 Å². The van der Waals surface area contributed by atoms with Gasteiger partial charge in [0.2, 0.25) is 0 Å². The molecule has 0 heterocycles. The van der Waals surface area contributed by atoms with Gasteiger partial charge in [0.05, 0.1) is 11.9 Å². The van der Waals surface area contributed by atoms with E-state index in [1.54, 1.807) is 7.11 Å². The van der Waals surface area contributed by atoms with Crippen molar-refractivity contribution in [1.29, 1.82) is 0 Å². The zero-order valence-electron chi connectivity index (χ0n) is 5.66. The van der Waals surface area contributed by atoms with Gasteiger partial charge in [-0.2, -0.15) is 0 Å². The SMILES string of the molecule is CCC(CS(=O)O)OC. The Kier molecular flexibility index (Phi) is 4.94. The fourth-order valence-corrected chi connectivity index (χ4v) is 1.20. The minimum absolute atomic E-state index is 0.0733. The van der Waals surface area contributed by atoms with E-state index in [1.165, 1.54) is 0 Å². The summed E-state index contributed by atoms with van der Waals surface area (Å²) in [5, 5.41) is 0. The third kappa shape index (κ3) is 4.57. The average Bonchev–Trinajstić information content (AvgIpc) is 1.82. The Labute approximate surface area is 57.7 Å². The van der Waals surface area contributed by atoms with Gasteiger partial charge in [-0.05, 0) is 6.42 Å². The average molecular weight is 152 g/mol. The summed E-state index contributed by atoms with van der Waals surface area (Å²) in [6, 6.07) is 0. The molecule has 4 heteroatoms. The summed E-state index contributed by atoms with van der Waals surface area (Å²) in [5.74, 6) is 0.215. The predicted molar refractivity (Wildman–Crippen MR) is 36.7 cm³/mol. The summed E-state index contributed by atoms with van der Waals surface area (Å²) in [4.78, 5) is 0. The lowest BCUT2D eigenvalue weighted by Gasteiger charge is -2.08. The van der Waals surface area contributed by atoms with Crippen LogP contribution >= 0.6 is 0 Å².